The van der Waals surface area contributed by atoms with Crippen molar-refractivity contribution in [3.63, 3.8) is 0 Å². The van der Waals surface area contributed by atoms with E-state index in [0.717, 1.165) is 17.9 Å². The van der Waals surface area contributed by atoms with Gasteiger partial charge in [0.1, 0.15) is 29.2 Å². The second-order valence-corrected chi connectivity index (χ2v) is 14.3. The molecule has 2 aromatic rings. The Morgan fingerprint density at radius 1 is 1.16 bits per heavy atom. The first-order valence-corrected chi connectivity index (χ1v) is 17.1. The summed E-state index contributed by atoms with van der Waals surface area (Å²) in [5.74, 6) is -2.14. The van der Waals surface area contributed by atoms with Crippen molar-refractivity contribution in [1.82, 2.24) is 10.2 Å². The van der Waals surface area contributed by atoms with Gasteiger partial charge >= 0.3 is 11.9 Å². The molecule has 1 aromatic carbocycles. The van der Waals surface area contributed by atoms with Gasteiger partial charge in [-0.15, -0.1) is 35.3 Å². The smallest absolute Gasteiger partial charge is 0.352 e. The third kappa shape index (κ3) is 8.40. The number of nitrogens with two attached hydrogens (primary N) is 1. The summed E-state index contributed by atoms with van der Waals surface area (Å²) in [6.07, 6.45) is 5.70. The molecule has 2 amide bonds. The fraction of sp³-hybridized carbons (Fsp3) is 0.393. The van der Waals surface area contributed by atoms with E-state index in [1.54, 1.807) is 18.2 Å². The second-order valence-electron chi connectivity index (χ2n) is 10.3. The average Bonchev–Trinajstić information content (AvgIpc) is 2.97. The van der Waals surface area contributed by atoms with E-state index in [9.17, 15) is 24.3 Å². The maximum atomic E-state index is 13.0. The highest BCUT2D eigenvalue weighted by molar-refractivity contribution is 8.01. The number of carboxylic acid groups (broad SMARTS) is 2. The molecule has 15 heteroatoms. The number of aryl methyl sites for hydroxylation is 1. The predicted molar refractivity (Wildman–Crippen MR) is 168 cm³/mol. The number of carboxylic acids is 2. The summed E-state index contributed by atoms with van der Waals surface area (Å²) in [4.78, 5) is 51.8. The van der Waals surface area contributed by atoms with E-state index in [2.05, 4.69) is 5.32 Å². The van der Waals surface area contributed by atoms with E-state index in [0.29, 0.717) is 44.9 Å². The highest BCUT2D eigenvalue weighted by Gasteiger charge is 2.54. The quantitative estimate of drug-likeness (QED) is 0.0997. The van der Waals surface area contributed by atoms with Crippen molar-refractivity contribution in [2.24, 2.45) is 5.73 Å². The Labute approximate surface area is 271 Å². The lowest BCUT2D eigenvalue weighted by atomic mass is 9.96. The molecule has 2 aliphatic rings. The van der Waals surface area contributed by atoms with Crippen LogP contribution in [0.3, 0.4) is 0 Å². The molecule has 10 nitrogen and oxygen atoms in total. The van der Waals surface area contributed by atoms with Crippen molar-refractivity contribution in [2.45, 2.75) is 59.5 Å². The number of fused-ring (bicyclic) bond motifs is 1. The van der Waals surface area contributed by atoms with Crippen LogP contribution in [-0.4, -0.2) is 73.1 Å². The van der Waals surface area contributed by atoms with Gasteiger partial charge in [0, 0.05) is 44.9 Å². The molecule has 1 fully saturated rings. The van der Waals surface area contributed by atoms with Crippen molar-refractivity contribution in [2.75, 3.05) is 17.3 Å². The van der Waals surface area contributed by atoms with Crippen molar-refractivity contribution in [1.29, 1.82) is 0 Å². The molecular weight excluding hydrogens is 655 g/mol. The van der Waals surface area contributed by atoms with Crippen LogP contribution in [0.2, 0.25) is 10.0 Å². The Kier molecular flexibility index (Phi) is 11.3. The summed E-state index contributed by atoms with van der Waals surface area (Å²) in [5.41, 5.74) is 5.17. The normalized spacial score (nSPS) is 19.3. The van der Waals surface area contributed by atoms with Gasteiger partial charge < -0.3 is 21.3 Å². The topological polar surface area (TPSA) is 154 Å². The van der Waals surface area contributed by atoms with E-state index < -0.39 is 34.8 Å². The minimum absolute atomic E-state index is 0.0221. The zero-order valence-electron chi connectivity index (χ0n) is 23.1. The van der Waals surface area contributed by atoms with E-state index in [1.165, 1.54) is 47.1 Å². The van der Waals surface area contributed by atoms with Crippen LogP contribution in [-0.2, 0) is 25.7 Å². The summed E-state index contributed by atoms with van der Waals surface area (Å²) in [6.45, 7) is 2.23. The first-order valence-electron chi connectivity index (χ1n) is 13.3. The van der Waals surface area contributed by atoms with Gasteiger partial charge in [-0.2, -0.15) is 0 Å². The Hall–Kier alpha value is -2.42. The van der Waals surface area contributed by atoms with E-state index in [1.807, 2.05) is 29.1 Å². The highest BCUT2D eigenvalue weighted by Crippen LogP contribution is 2.41. The zero-order valence-corrected chi connectivity index (χ0v) is 27.1. The molecule has 3 atom stereocenters. The minimum atomic E-state index is -1.23. The van der Waals surface area contributed by atoms with Gasteiger partial charge in [-0.1, -0.05) is 23.2 Å². The van der Waals surface area contributed by atoms with Crippen molar-refractivity contribution >= 4 is 82.2 Å². The third-order valence-corrected chi connectivity index (χ3v) is 11.1. The van der Waals surface area contributed by atoms with Gasteiger partial charge in [0.15, 0.2) is 12.4 Å². The van der Waals surface area contributed by atoms with Crippen molar-refractivity contribution < 1.29 is 34.0 Å². The summed E-state index contributed by atoms with van der Waals surface area (Å²) >= 11 is 16.3. The average molecular weight is 687 g/mol. The first kappa shape index (κ1) is 33.5. The number of pyridine rings is 1. The predicted octanol–water partition coefficient (Wildman–Crippen LogP) is 3.88. The maximum Gasteiger partial charge on any atom is 0.352 e. The Bertz CT molecular complexity index is 1440. The van der Waals surface area contributed by atoms with Gasteiger partial charge in [0.2, 0.25) is 5.91 Å². The van der Waals surface area contributed by atoms with Crippen LogP contribution in [0.15, 0.2) is 63.8 Å². The lowest BCUT2D eigenvalue weighted by Crippen LogP contribution is -2.70. The second kappa shape index (κ2) is 14.6. The molecule has 0 spiro atoms. The number of rotatable bonds is 14. The largest absolute Gasteiger partial charge is 0.480 e. The van der Waals surface area contributed by atoms with Crippen LogP contribution in [0.4, 0.5) is 0 Å². The molecule has 1 aromatic heterocycles. The van der Waals surface area contributed by atoms with Gasteiger partial charge in [-0.05, 0) is 43.5 Å². The van der Waals surface area contributed by atoms with Crippen LogP contribution < -0.4 is 15.6 Å². The van der Waals surface area contributed by atoms with Crippen LogP contribution >= 0.6 is 58.5 Å². The molecule has 43 heavy (non-hydrogen) atoms. The molecular formula is C28H31Cl2N4O6S3+. The lowest BCUT2D eigenvalue weighted by Gasteiger charge is -2.49. The summed E-state index contributed by atoms with van der Waals surface area (Å²) in [7, 11) is 0. The molecule has 1 saturated heterocycles. The number of carbonyl (C=O) groups is 4. The first-order chi connectivity index (χ1) is 20.4. The number of benzene rings is 1. The summed E-state index contributed by atoms with van der Waals surface area (Å²) < 4.78 is 2.00. The van der Waals surface area contributed by atoms with Gasteiger partial charge in [0.05, 0.1) is 10.8 Å². The maximum absolute atomic E-state index is 13.0. The number of amides is 2. The molecule has 1 unspecified atom stereocenters. The number of nitrogens with zero attached hydrogens (tertiary/aromatic N) is 2. The highest BCUT2D eigenvalue weighted by atomic mass is 35.5. The van der Waals surface area contributed by atoms with E-state index >= 15 is 0 Å². The number of hydrogen-bond donors (Lipinski definition) is 4. The molecule has 0 radical (unpaired) electrons. The van der Waals surface area contributed by atoms with Crippen molar-refractivity contribution in [3.05, 3.63) is 64.0 Å². The van der Waals surface area contributed by atoms with E-state index in [-0.39, 0.29) is 17.4 Å². The third-order valence-electron chi connectivity index (χ3n) is 6.94. The molecule has 5 N–H and O–H groups in total. The van der Waals surface area contributed by atoms with Gasteiger partial charge in [-0.25, -0.2) is 9.36 Å². The molecule has 0 bridgehead atoms. The Morgan fingerprint density at radius 2 is 1.88 bits per heavy atom. The zero-order chi connectivity index (χ0) is 31.3. The standard InChI is InChI=1S/C28H30Cl2N4O6S3/c1-28(31,27(39)40)8-2-3-9-33-10-6-18(7-11-33)41-13-16-14-43-25-22(24(36)34(25)23(16)26(37)38)32-21(35)15-42-20-12-17(29)4-5-19(20)30/h4-7,10-12,22,25H,2-3,8-9,13-15,31H2,1H3,(H2-,32,35,37,38,39,40)/p+1/t22-,25-,28?/m1/s1. The molecule has 0 saturated carbocycles. The Morgan fingerprint density at radius 3 is 2.56 bits per heavy atom. The molecule has 2 aliphatic heterocycles. The van der Waals surface area contributed by atoms with Gasteiger partial charge in [-0.3, -0.25) is 19.3 Å². The number of hydrogen-bond acceptors (Lipinski definition) is 8. The molecule has 230 valence electrons. The lowest BCUT2D eigenvalue weighted by molar-refractivity contribution is -0.697. The number of aromatic nitrogens is 1. The van der Waals surface area contributed by atoms with Crippen LogP contribution in [0.1, 0.15) is 26.2 Å². The van der Waals surface area contributed by atoms with Crippen LogP contribution in [0, 0.1) is 0 Å². The fourth-order valence-corrected chi connectivity index (χ4v) is 8.17. The van der Waals surface area contributed by atoms with Crippen LogP contribution in [0.5, 0.6) is 0 Å². The number of nitrogens with one attached hydrogen (secondary N) is 1. The fourth-order valence-electron chi connectivity index (χ4n) is 4.49. The molecule has 3 heterocycles. The Balaban J connectivity index is 1.29. The number of aliphatic carboxylic acids is 2. The van der Waals surface area contributed by atoms with E-state index in [4.69, 9.17) is 34.0 Å². The SMILES string of the molecule is CC(N)(CCCC[n+]1ccc(SCC2=C(C(=O)O)N3C(=O)[C@@H](NC(=O)CSc4cc(Cl)ccc4Cl)[C@H]3SC2)cc1)C(=O)O. The van der Waals surface area contributed by atoms with Gasteiger partial charge in [0.25, 0.3) is 5.91 Å². The number of halogens is 2. The summed E-state index contributed by atoms with van der Waals surface area (Å²) in [5, 5.41) is 22.3. The molecule has 4 rings (SSSR count). The monoisotopic (exact) mass is 685 g/mol. The van der Waals surface area contributed by atoms with Crippen molar-refractivity contribution in [3.8, 4) is 0 Å². The number of thioether (sulfide) groups is 3. The number of unbranched alkanes of at least 4 members (excludes halogenated alkanes) is 1. The number of carbonyl (C=O) groups excluding carboxylic acids is 2. The summed E-state index contributed by atoms with van der Waals surface area (Å²) in [6, 6.07) is 8.03. The number of β-lactam (4-membered cyclic amide) rings is 1. The van der Waals surface area contributed by atoms with Crippen LogP contribution in [0.25, 0.3) is 0 Å². The minimum Gasteiger partial charge on any atom is -0.480 e. The molecule has 0 aliphatic carbocycles.